The summed E-state index contributed by atoms with van der Waals surface area (Å²) in [6.45, 7) is 0. The predicted molar refractivity (Wildman–Crippen MR) is 42.9 cm³/mol. The van der Waals surface area contributed by atoms with Gasteiger partial charge in [-0.25, -0.2) is 14.2 Å². The molecule has 1 rings (SSSR count). The third kappa shape index (κ3) is 1.73. The van der Waals surface area contributed by atoms with Crippen molar-refractivity contribution in [3.05, 3.63) is 23.6 Å². The van der Waals surface area contributed by atoms with E-state index in [0.717, 1.165) is 24.0 Å². The van der Waals surface area contributed by atoms with E-state index < -0.39 is 11.8 Å². The summed E-state index contributed by atoms with van der Waals surface area (Å²) >= 11 is 1.14. The molecule has 0 aliphatic heterocycles. The maximum atomic E-state index is 12.9. The van der Waals surface area contributed by atoms with Gasteiger partial charge in [-0.2, -0.15) is 0 Å². The van der Waals surface area contributed by atoms with Crippen LogP contribution in [0.2, 0.25) is 0 Å². The van der Waals surface area contributed by atoms with Crippen LogP contribution in [-0.4, -0.2) is 22.3 Å². The van der Waals surface area contributed by atoms with E-state index >= 15 is 0 Å². The zero-order valence-electron chi connectivity index (χ0n) is 6.24. The lowest BCUT2D eigenvalue weighted by Gasteiger charge is -1.98. The summed E-state index contributed by atoms with van der Waals surface area (Å²) in [4.78, 5) is 14.0. The first-order valence-electron chi connectivity index (χ1n) is 3.08. The van der Waals surface area contributed by atoms with Crippen LogP contribution in [0.25, 0.3) is 0 Å². The van der Waals surface area contributed by atoms with Gasteiger partial charge in [-0.15, -0.1) is 11.8 Å². The maximum absolute atomic E-state index is 12.9. The molecule has 12 heavy (non-hydrogen) atoms. The molecular weight excluding hydrogens is 181 g/mol. The number of nitrogens with zero attached hydrogens (tertiary/aromatic N) is 1. The molecule has 0 radical (unpaired) electrons. The lowest BCUT2D eigenvalue weighted by atomic mass is 10.3. The van der Waals surface area contributed by atoms with E-state index in [1.54, 1.807) is 6.26 Å². The van der Waals surface area contributed by atoms with Crippen molar-refractivity contribution < 1.29 is 14.3 Å². The van der Waals surface area contributed by atoms with Crippen LogP contribution in [0.1, 0.15) is 10.4 Å². The molecule has 0 aliphatic carbocycles. The van der Waals surface area contributed by atoms with Crippen LogP contribution in [0.15, 0.2) is 17.3 Å². The third-order valence-corrected chi connectivity index (χ3v) is 1.93. The second-order valence-electron chi connectivity index (χ2n) is 2.02. The molecule has 0 bridgehead atoms. The first-order chi connectivity index (χ1) is 5.65. The number of thioether (sulfide) groups is 1. The summed E-state index contributed by atoms with van der Waals surface area (Å²) in [6, 6.07) is 0.959. The number of aromatic nitrogens is 1. The van der Waals surface area contributed by atoms with Crippen LogP contribution in [-0.2, 0) is 0 Å². The van der Waals surface area contributed by atoms with E-state index in [1.807, 2.05) is 0 Å². The molecule has 5 heteroatoms. The maximum Gasteiger partial charge on any atom is 0.337 e. The minimum Gasteiger partial charge on any atom is -0.478 e. The molecule has 0 aliphatic rings. The fraction of sp³-hybridized carbons (Fsp3) is 0.143. The average Bonchev–Trinajstić information content (AvgIpc) is 2.04. The van der Waals surface area contributed by atoms with Crippen molar-refractivity contribution in [2.24, 2.45) is 0 Å². The number of rotatable bonds is 2. The normalized spacial score (nSPS) is 9.83. The molecule has 0 saturated carbocycles. The van der Waals surface area contributed by atoms with Crippen molar-refractivity contribution in [3.63, 3.8) is 0 Å². The number of hydrogen-bond donors (Lipinski definition) is 1. The zero-order valence-corrected chi connectivity index (χ0v) is 7.06. The molecule has 0 aromatic carbocycles. The number of carboxylic acid groups (broad SMARTS) is 1. The van der Waals surface area contributed by atoms with Gasteiger partial charge in [-0.05, 0) is 12.3 Å². The smallest absolute Gasteiger partial charge is 0.337 e. The molecule has 3 nitrogen and oxygen atoms in total. The van der Waals surface area contributed by atoms with Crippen molar-refractivity contribution in [3.8, 4) is 0 Å². The Morgan fingerprint density at radius 2 is 2.42 bits per heavy atom. The van der Waals surface area contributed by atoms with Gasteiger partial charge in [-0.1, -0.05) is 0 Å². The summed E-state index contributed by atoms with van der Waals surface area (Å²) < 4.78 is 12.9. The average molecular weight is 187 g/mol. The second kappa shape index (κ2) is 3.53. The Hall–Kier alpha value is -1.10. The minimum absolute atomic E-state index is 0.134. The Kier molecular flexibility index (Phi) is 2.65. The SMILES string of the molecule is CSc1ncc(C(=O)O)cc1F. The van der Waals surface area contributed by atoms with Gasteiger partial charge in [0.25, 0.3) is 0 Å². The van der Waals surface area contributed by atoms with Gasteiger partial charge in [0.1, 0.15) is 5.03 Å². The summed E-state index contributed by atoms with van der Waals surface area (Å²) in [5, 5.41) is 8.67. The molecule has 1 aromatic rings. The summed E-state index contributed by atoms with van der Waals surface area (Å²) in [6.07, 6.45) is 2.81. The molecule has 0 atom stereocenters. The van der Waals surface area contributed by atoms with Crippen LogP contribution < -0.4 is 0 Å². The van der Waals surface area contributed by atoms with Crippen LogP contribution in [0.3, 0.4) is 0 Å². The van der Waals surface area contributed by atoms with Crippen molar-refractivity contribution in [2.45, 2.75) is 5.03 Å². The van der Waals surface area contributed by atoms with Gasteiger partial charge in [0.2, 0.25) is 0 Å². The summed E-state index contributed by atoms with van der Waals surface area (Å²) in [5.74, 6) is -1.77. The van der Waals surface area contributed by atoms with E-state index in [0.29, 0.717) is 0 Å². The number of aromatic carboxylic acids is 1. The van der Waals surface area contributed by atoms with Gasteiger partial charge in [0.05, 0.1) is 5.56 Å². The predicted octanol–water partition coefficient (Wildman–Crippen LogP) is 1.64. The lowest BCUT2D eigenvalue weighted by molar-refractivity contribution is 0.0695. The van der Waals surface area contributed by atoms with Crippen LogP contribution in [0, 0.1) is 5.82 Å². The van der Waals surface area contributed by atoms with E-state index in [2.05, 4.69) is 4.98 Å². The molecule has 0 spiro atoms. The molecule has 1 N–H and O–H groups in total. The van der Waals surface area contributed by atoms with Gasteiger partial charge in [0, 0.05) is 6.20 Å². The third-order valence-electron chi connectivity index (χ3n) is 1.25. The topological polar surface area (TPSA) is 50.2 Å². The van der Waals surface area contributed by atoms with E-state index in [1.165, 1.54) is 0 Å². The first-order valence-corrected chi connectivity index (χ1v) is 4.30. The molecule has 1 aromatic heterocycles. The van der Waals surface area contributed by atoms with Gasteiger partial charge in [-0.3, -0.25) is 0 Å². The summed E-state index contributed by atoms with van der Waals surface area (Å²) in [5.41, 5.74) is -0.134. The fourth-order valence-corrected chi connectivity index (χ4v) is 1.10. The lowest BCUT2D eigenvalue weighted by Crippen LogP contribution is -1.99. The van der Waals surface area contributed by atoms with Crippen molar-refractivity contribution in [2.75, 3.05) is 6.26 Å². The van der Waals surface area contributed by atoms with Crippen molar-refractivity contribution in [1.82, 2.24) is 4.98 Å². The van der Waals surface area contributed by atoms with E-state index in [9.17, 15) is 9.18 Å². The highest BCUT2D eigenvalue weighted by Crippen LogP contribution is 2.16. The molecule has 0 unspecified atom stereocenters. The minimum atomic E-state index is -1.17. The number of carboxylic acids is 1. The van der Waals surface area contributed by atoms with Crippen LogP contribution in [0.5, 0.6) is 0 Å². The number of halogens is 1. The quantitative estimate of drug-likeness (QED) is 0.715. The Balaban J connectivity index is 3.10. The van der Waals surface area contributed by atoms with Crippen molar-refractivity contribution >= 4 is 17.7 Å². The van der Waals surface area contributed by atoms with Crippen LogP contribution in [0.4, 0.5) is 4.39 Å². The molecule has 0 amide bonds. The highest BCUT2D eigenvalue weighted by atomic mass is 32.2. The molecule has 1 heterocycles. The molecule has 0 fully saturated rings. The van der Waals surface area contributed by atoms with Crippen LogP contribution >= 0.6 is 11.8 Å². The highest BCUT2D eigenvalue weighted by molar-refractivity contribution is 7.98. The molecular formula is C7H6FNO2S. The first kappa shape index (κ1) is 8.99. The summed E-state index contributed by atoms with van der Waals surface area (Å²) in [7, 11) is 0. The Morgan fingerprint density at radius 1 is 1.75 bits per heavy atom. The Labute approximate surface area is 72.6 Å². The number of carbonyl (C=O) groups is 1. The Bertz CT molecular complexity index is 316. The van der Waals surface area contributed by atoms with E-state index in [-0.39, 0.29) is 10.6 Å². The molecule has 0 saturated heterocycles. The Morgan fingerprint density at radius 3 is 2.83 bits per heavy atom. The second-order valence-corrected chi connectivity index (χ2v) is 2.82. The zero-order chi connectivity index (χ0) is 9.14. The van der Waals surface area contributed by atoms with Gasteiger partial charge >= 0.3 is 5.97 Å². The van der Waals surface area contributed by atoms with Gasteiger partial charge < -0.3 is 5.11 Å². The van der Waals surface area contributed by atoms with Gasteiger partial charge in [0.15, 0.2) is 5.82 Å². The monoisotopic (exact) mass is 187 g/mol. The largest absolute Gasteiger partial charge is 0.478 e. The van der Waals surface area contributed by atoms with E-state index in [4.69, 9.17) is 5.11 Å². The van der Waals surface area contributed by atoms with Crippen molar-refractivity contribution in [1.29, 1.82) is 0 Å². The standard InChI is InChI=1S/C7H6FNO2S/c1-12-6-5(8)2-4(3-9-6)7(10)11/h2-3H,1H3,(H,10,11). The number of pyridine rings is 1. The molecule has 64 valence electrons. The number of hydrogen-bond acceptors (Lipinski definition) is 3. The highest BCUT2D eigenvalue weighted by Gasteiger charge is 2.08. The fourth-order valence-electron chi connectivity index (χ4n) is 0.693.